The van der Waals surface area contributed by atoms with Crippen molar-refractivity contribution in [1.29, 1.82) is 0 Å². The zero-order valence-corrected chi connectivity index (χ0v) is 20.3. The van der Waals surface area contributed by atoms with E-state index in [1.165, 1.54) is 38.5 Å². The molecular formula is C28H32O8. The molecule has 3 rings (SSSR count). The molecule has 192 valence electrons. The van der Waals surface area contributed by atoms with Gasteiger partial charge >= 0.3 is 0 Å². The molecule has 0 bridgehead atoms. The number of ether oxygens (including phenoxy) is 2. The summed E-state index contributed by atoms with van der Waals surface area (Å²) >= 11 is 0. The van der Waals surface area contributed by atoms with Gasteiger partial charge in [0.05, 0.1) is 32.3 Å². The summed E-state index contributed by atoms with van der Waals surface area (Å²) in [5.74, 6) is 0.0711. The molecule has 0 aliphatic heterocycles. The predicted octanol–water partition coefficient (Wildman–Crippen LogP) is 3.25. The molecule has 36 heavy (non-hydrogen) atoms. The Morgan fingerprint density at radius 3 is 2.08 bits per heavy atom. The van der Waals surface area contributed by atoms with Gasteiger partial charge in [-0.05, 0) is 72.4 Å². The maximum absolute atomic E-state index is 13.7. The van der Waals surface area contributed by atoms with E-state index < -0.39 is 23.9 Å². The average Bonchev–Trinajstić information content (AvgIpc) is 2.87. The molecule has 2 unspecified atom stereocenters. The normalized spacial score (nSPS) is 13.6. The monoisotopic (exact) mass is 496 g/mol. The Hall–Kier alpha value is -3.75. The molecule has 0 radical (unpaired) electrons. The minimum absolute atomic E-state index is 0.0154. The van der Waals surface area contributed by atoms with Gasteiger partial charge in [0, 0.05) is 6.42 Å². The van der Waals surface area contributed by atoms with Crippen molar-refractivity contribution in [3.8, 4) is 28.7 Å². The highest BCUT2D eigenvalue weighted by Gasteiger charge is 2.40. The Balaban J connectivity index is 1.85. The summed E-state index contributed by atoms with van der Waals surface area (Å²) in [7, 11) is 2.87. The quantitative estimate of drug-likeness (QED) is 0.258. The molecule has 2 atom stereocenters. The van der Waals surface area contributed by atoms with E-state index in [-0.39, 0.29) is 42.3 Å². The highest BCUT2D eigenvalue weighted by atomic mass is 16.5. The number of aliphatic hydroxyl groups excluding tert-OH is 2. The first-order valence-electron chi connectivity index (χ1n) is 11.6. The van der Waals surface area contributed by atoms with E-state index in [0.717, 1.165) is 5.56 Å². The first-order valence-corrected chi connectivity index (χ1v) is 11.6. The number of Topliss-reactive ketones (excluding diaryl/α,β-unsaturated/α-hetero) is 1. The maximum atomic E-state index is 13.7. The lowest BCUT2D eigenvalue weighted by Gasteiger charge is -2.32. The minimum atomic E-state index is -1.44. The number of carbonyl (C=O) groups is 1. The van der Waals surface area contributed by atoms with Gasteiger partial charge in [-0.25, -0.2) is 0 Å². The molecule has 0 aliphatic carbocycles. The number of phenolic OH excluding ortho intramolecular Hbond substituents is 3. The summed E-state index contributed by atoms with van der Waals surface area (Å²) < 4.78 is 10.3. The van der Waals surface area contributed by atoms with Crippen LogP contribution in [0.2, 0.25) is 0 Å². The van der Waals surface area contributed by atoms with E-state index in [1.54, 1.807) is 36.4 Å². The average molecular weight is 497 g/mol. The molecule has 0 saturated heterocycles. The van der Waals surface area contributed by atoms with Crippen LogP contribution in [0, 0.1) is 0 Å². The number of hydrogen-bond donors (Lipinski definition) is 5. The summed E-state index contributed by atoms with van der Waals surface area (Å²) in [5, 5.41) is 51.0. The first kappa shape index (κ1) is 26.8. The van der Waals surface area contributed by atoms with E-state index in [0.29, 0.717) is 23.3 Å². The molecule has 0 amide bonds. The molecule has 3 aromatic rings. The van der Waals surface area contributed by atoms with Crippen molar-refractivity contribution in [3.05, 3.63) is 77.4 Å². The molecule has 0 heterocycles. The third-order valence-electron chi connectivity index (χ3n) is 6.38. The topological polar surface area (TPSA) is 137 Å². The van der Waals surface area contributed by atoms with Gasteiger partial charge in [0.15, 0.2) is 23.0 Å². The molecule has 0 fully saturated rings. The number of methoxy groups -OCH3 is 2. The Labute approximate surface area is 210 Å². The van der Waals surface area contributed by atoms with Gasteiger partial charge < -0.3 is 35.0 Å². The second-order valence-electron chi connectivity index (χ2n) is 8.80. The van der Waals surface area contributed by atoms with Crippen molar-refractivity contribution in [2.24, 2.45) is 0 Å². The SMILES string of the molecule is COc1cc(CCC(O)CC(=O)C(CO)(Cc2ccc(O)c(OC)c2)c2cccc(O)c2)ccc1O. The highest BCUT2D eigenvalue weighted by molar-refractivity contribution is 5.91. The van der Waals surface area contributed by atoms with Crippen LogP contribution in [0.4, 0.5) is 0 Å². The van der Waals surface area contributed by atoms with Crippen LogP contribution in [-0.2, 0) is 23.1 Å². The number of rotatable bonds is 12. The van der Waals surface area contributed by atoms with Gasteiger partial charge in [-0.3, -0.25) is 4.79 Å². The van der Waals surface area contributed by atoms with Crippen LogP contribution in [0.25, 0.3) is 0 Å². The number of benzene rings is 3. The summed E-state index contributed by atoms with van der Waals surface area (Å²) in [5.41, 5.74) is 0.427. The maximum Gasteiger partial charge on any atom is 0.160 e. The lowest BCUT2D eigenvalue weighted by molar-refractivity contribution is -0.128. The molecule has 0 aliphatic rings. The summed E-state index contributed by atoms with van der Waals surface area (Å²) in [6.45, 7) is -0.555. The second-order valence-corrected chi connectivity index (χ2v) is 8.80. The summed E-state index contributed by atoms with van der Waals surface area (Å²) in [4.78, 5) is 13.7. The van der Waals surface area contributed by atoms with Crippen molar-refractivity contribution in [2.75, 3.05) is 20.8 Å². The lowest BCUT2D eigenvalue weighted by atomic mass is 9.71. The van der Waals surface area contributed by atoms with Crippen LogP contribution >= 0.6 is 0 Å². The largest absolute Gasteiger partial charge is 0.508 e. The fourth-order valence-electron chi connectivity index (χ4n) is 4.30. The van der Waals surface area contributed by atoms with E-state index in [1.807, 2.05) is 0 Å². The minimum Gasteiger partial charge on any atom is -0.508 e. The van der Waals surface area contributed by atoms with E-state index >= 15 is 0 Å². The van der Waals surface area contributed by atoms with Crippen LogP contribution in [0.1, 0.15) is 29.5 Å². The molecule has 8 nitrogen and oxygen atoms in total. The molecule has 5 N–H and O–H groups in total. The molecule has 0 spiro atoms. The first-order chi connectivity index (χ1) is 17.2. The number of carbonyl (C=O) groups excluding carboxylic acids is 1. The standard InChI is InChI=1S/C28H32O8/c1-35-25-12-18(7-10-23(25)32)6-9-22(31)15-27(34)28(17-29,20-4-3-5-21(30)14-20)16-19-8-11-24(33)26(13-19)36-2/h3-5,7-8,10-14,22,29-33H,6,9,15-17H2,1-2H3. The second kappa shape index (κ2) is 11.8. The van der Waals surface area contributed by atoms with Crippen LogP contribution in [-0.4, -0.2) is 58.2 Å². The highest BCUT2D eigenvalue weighted by Crippen LogP contribution is 2.36. The Bertz CT molecular complexity index is 1190. The van der Waals surface area contributed by atoms with Gasteiger partial charge in [0.1, 0.15) is 11.5 Å². The molecule has 0 aromatic heterocycles. The van der Waals surface area contributed by atoms with Gasteiger partial charge in [0.2, 0.25) is 0 Å². The third kappa shape index (κ3) is 6.08. The molecule has 3 aromatic carbocycles. The van der Waals surface area contributed by atoms with E-state index in [9.17, 15) is 30.3 Å². The summed E-state index contributed by atoms with van der Waals surface area (Å²) in [6, 6.07) is 15.7. The van der Waals surface area contributed by atoms with Crippen LogP contribution in [0.3, 0.4) is 0 Å². The van der Waals surface area contributed by atoms with Crippen LogP contribution in [0.15, 0.2) is 60.7 Å². The number of aliphatic hydroxyl groups is 2. The van der Waals surface area contributed by atoms with Gasteiger partial charge in [-0.15, -0.1) is 0 Å². The predicted molar refractivity (Wildman–Crippen MR) is 134 cm³/mol. The van der Waals surface area contributed by atoms with Gasteiger partial charge in [-0.2, -0.15) is 0 Å². The number of hydrogen-bond acceptors (Lipinski definition) is 8. The van der Waals surface area contributed by atoms with Crippen molar-refractivity contribution < 1.29 is 39.8 Å². The Morgan fingerprint density at radius 2 is 1.50 bits per heavy atom. The Morgan fingerprint density at radius 1 is 0.889 bits per heavy atom. The Kier molecular flexibility index (Phi) is 8.79. The number of ketones is 1. The fraction of sp³-hybridized carbons (Fsp3) is 0.321. The molecule has 0 saturated carbocycles. The summed E-state index contributed by atoms with van der Waals surface area (Å²) in [6.07, 6.45) is -0.438. The van der Waals surface area contributed by atoms with Crippen LogP contribution < -0.4 is 9.47 Å². The van der Waals surface area contributed by atoms with Crippen molar-refractivity contribution in [1.82, 2.24) is 0 Å². The lowest BCUT2D eigenvalue weighted by Crippen LogP contribution is -2.43. The fourth-order valence-corrected chi connectivity index (χ4v) is 4.30. The third-order valence-corrected chi connectivity index (χ3v) is 6.38. The number of aromatic hydroxyl groups is 3. The van der Waals surface area contributed by atoms with Crippen molar-refractivity contribution in [2.45, 2.75) is 37.2 Å². The van der Waals surface area contributed by atoms with E-state index in [2.05, 4.69) is 0 Å². The zero-order valence-electron chi connectivity index (χ0n) is 20.3. The zero-order chi connectivity index (χ0) is 26.3. The molecular weight excluding hydrogens is 464 g/mol. The van der Waals surface area contributed by atoms with Crippen molar-refractivity contribution in [3.63, 3.8) is 0 Å². The van der Waals surface area contributed by atoms with E-state index in [4.69, 9.17) is 9.47 Å². The number of phenols is 3. The smallest absolute Gasteiger partial charge is 0.160 e. The van der Waals surface area contributed by atoms with Crippen molar-refractivity contribution >= 4 is 5.78 Å². The van der Waals surface area contributed by atoms with Gasteiger partial charge in [0.25, 0.3) is 0 Å². The van der Waals surface area contributed by atoms with Crippen LogP contribution in [0.5, 0.6) is 28.7 Å². The van der Waals surface area contributed by atoms with Gasteiger partial charge in [-0.1, -0.05) is 24.3 Å². The number of aryl methyl sites for hydroxylation is 1. The molecule has 8 heteroatoms.